The number of nitrogens with zero attached hydrogens (tertiary/aromatic N) is 1. The van der Waals surface area contributed by atoms with Crippen LogP contribution in [-0.4, -0.2) is 41.9 Å². The van der Waals surface area contributed by atoms with Crippen molar-refractivity contribution in [1.29, 1.82) is 0 Å². The van der Waals surface area contributed by atoms with Gasteiger partial charge in [-0.15, -0.1) is 0 Å². The Kier molecular flexibility index (Phi) is 5.12. The lowest BCUT2D eigenvalue weighted by Gasteiger charge is -2.15. The smallest absolute Gasteiger partial charge is 0.321 e. The lowest BCUT2D eigenvalue weighted by molar-refractivity contribution is 0.251. The summed E-state index contributed by atoms with van der Waals surface area (Å²) >= 11 is 0. The first-order valence-corrected chi connectivity index (χ1v) is 8.24. The molecule has 2 aromatic carbocycles. The first-order chi connectivity index (χ1) is 12.5. The predicted octanol–water partition coefficient (Wildman–Crippen LogP) is 1.99. The Morgan fingerprint density at radius 2 is 2.00 bits per heavy atom. The van der Waals surface area contributed by atoms with Crippen molar-refractivity contribution in [2.24, 2.45) is 0 Å². The van der Waals surface area contributed by atoms with Gasteiger partial charge in [0, 0.05) is 31.0 Å². The summed E-state index contributed by atoms with van der Waals surface area (Å²) in [6.45, 7) is 1.56. The van der Waals surface area contributed by atoms with E-state index in [9.17, 15) is 19.8 Å². The van der Waals surface area contributed by atoms with Gasteiger partial charge in [-0.3, -0.25) is 4.90 Å². The first kappa shape index (κ1) is 17.4. The molecule has 0 aliphatic carbocycles. The van der Waals surface area contributed by atoms with Gasteiger partial charge in [0.1, 0.15) is 0 Å². The monoisotopic (exact) mass is 356 g/mol. The number of carbonyl (C=O) groups excluding carboxylic acids is 2. The fourth-order valence-corrected chi connectivity index (χ4v) is 2.69. The fraction of sp³-hybridized carbons (Fsp3) is 0.222. The molecule has 0 atom stereocenters. The molecule has 2 aromatic rings. The molecule has 1 aliphatic rings. The minimum atomic E-state index is -0.365. The Labute approximate surface area is 150 Å². The molecule has 1 fully saturated rings. The van der Waals surface area contributed by atoms with Crippen molar-refractivity contribution in [1.82, 2.24) is 10.6 Å². The Hall–Kier alpha value is -3.42. The predicted molar refractivity (Wildman–Crippen MR) is 97.7 cm³/mol. The molecular weight excluding hydrogens is 336 g/mol. The van der Waals surface area contributed by atoms with E-state index in [0.29, 0.717) is 31.7 Å². The molecule has 0 saturated carbocycles. The highest BCUT2D eigenvalue weighted by molar-refractivity contribution is 5.95. The van der Waals surface area contributed by atoms with Crippen molar-refractivity contribution in [3.63, 3.8) is 0 Å². The third kappa shape index (κ3) is 4.15. The number of rotatable bonds is 5. The average molecular weight is 356 g/mol. The first-order valence-electron chi connectivity index (χ1n) is 8.24. The van der Waals surface area contributed by atoms with Gasteiger partial charge in [0.05, 0.1) is 0 Å². The maximum atomic E-state index is 12.0. The number of phenolic OH excluding ortho intramolecular Hbond substituents is 2. The number of urea groups is 2. The molecule has 8 heteroatoms. The van der Waals surface area contributed by atoms with Crippen molar-refractivity contribution in [3.8, 4) is 11.5 Å². The van der Waals surface area contributed by atoms with Crippen LogP contribution in [0.4, 0.5) is 21.0 Å². The van der Waals surface area contributed by atoms with Crippen LogP contribution in [-0.2, 0) is 6.42 Å². The quantitative estimate of drug-likeness (QED) is 0.527. The molecule has 136 valence electrons. The van der Waals surface area contributed by atoms with Gasteiger partial charge in [-0.1, -0.05) is 12.1 Å². The van der Waals surface area contributed by atoms with E-state index in [1.807, 2.05) is 6.07 Å². The number of nitrogens with one attached hydrogen (secondary N) is 3. The largest absolute Gasteiger partial charge is 0.504 e. The fourth-order valence-electron chi connectivity index (χ4n) is 2.69. The Balaban J connectivity index is 1.51. The van der Waals surface area contributed by atoms with Crippen LogP contribution in [0.3, 0.4) is 0 Å². The van der Waals surface area contributed by atoms with Gasteiger partial charge in [-0.25, -0.2) is 9.59 Å². The van der Waals surface area contributed by atoms with Crippen molar-refractivity contribution in [2.45, 2.75) is 6.42 Å². The van der Waals surface area contributed by atoms with E-state index in [0.717, 1.165) is 11.3 Å². The number of hydrogen-bond acceptors (Lipinski definition) is 4. The zero-order valence-electron chi connectivity index (χ0n) is 14.0. The topological polar surface area (TPSA) is 114 Å². The minimum absolute atomic E-state index is 0.149. The van der Waals surface area contributed by atoms with Crippen molar-refractivity contribution < 1.29 is 19.8 Å². The molecule has 1 aliphatic heterocycles. The Morgan fingerprint density at radius 3 is 2.73 bits per heavy atom. The molecule has 5 N–H and O–H groups in total. The lowest BCUT2D eigenvalue weighted by atomic mass is 10.1. The molecule has 0 aromatic heterocycles. The van der Waals surface area contributed by atoms with E-state index in [1.54, 1.807) is 29.2 Å². The van der Waals surface area contributed by atoms with E-state index >= 15 is 0 Å². The van der Waals surface area contributed by atoms with Crippen molar-refractivity contribution in [3.05, 3.63) is 48.0 Å². The molecule has 3 rings (SSSR count). The highest BCUT2D eigenvalue weighted by atomic mass is 16.3. The summed E-state index contributed by atoms with van der Waals surface area (Å²) in [6, 6.07) is 11.1. The van der Waals surface area contributed by atoms with E-state index in [2.05, 4.69) is 16.0 Å². The summed E-state index contributed by atoms with van der Waals surface area (Å²) in [6.07, 6.45) is 0.509. The third-order valence-electron chi connectivity index (χ3n) is 4.01. The van der Waals surface area contributed by atoms with Crippen LogP contribution in [0.2, 0.25) is 0 Å². The van der Waals surface area contributed by atoms with Gasteiger partial charge in [0.25, 0.3) is 0 Å². The van der Waals surface area contributed by atoms with Gasteiger partial charge in [-0.2, -0.15) is 0 Å². The number of benzene rings is 2. The van der Waals surface area contributed by atoms with Crippen LogP contribution in [0.25, 0.3) is 0 Å². The summed E-state index contributed by atoms with van der Waals surface area (Å²) in [5, 5.41) is 26.9. The van der Waals surface area contributed by atoms with Crippen LogP contribution >= 0.6 is 0 Å². The van der Waals surface area contributed by atoms with Gasteiger partial charge < -0.3 is 26.2 Å². The van der Waals surface area contributed by atoms with Crippen LogP contribution in [0, 0.1) is 0 Å². The van der Waals surface area contributed by atoms with Crippen LogP contribution in [0.15, 0.2) is 42.5 Å². The highest BCUT2D eigenvalue weighted by Crippen LogP contribution is 2.25. The molecule has 1 saturated heterocycles. The highest BCUT2D eigenvalue weighted by Gasteiger charge is 2.21. The second-order valence-corrected chi connectivity index (χ2v) is 5.89. The molecule has 0 bridgehead atoms. The second kappa shape index (κ2) is 7.64. The number of anilines is 2. The van der Waals surface area contributed by atoms with Crippen molar-refractivity contribution in [2.75, 3.05) is 29.9 Å². The summed E-state index contributed by atoms with van der Waals surface area (Å²) in [5.74, 6) is -0.360. The maximum absolute atomic E-state index is 12.0. The maximum Gasteiger partial charge on any atom is 0.321 e. The van der Waals surface area contributed by atoms with E-state index in [4.69, 9.17) is 0 Å². The zero-order chi connectivity index (χ0) is 18.5. The average Bonchev–Trinajstić information content (AvgIpc) is 3.04. The molecule has 26 heavy (non-hydrogen) atoms. The van der Waals surface area contributed by atoms with E-state index in [-0.39, 0.29) is 23.6 Å². The summed E-state index contributed by atoms with van der Waals surface area (Å²) in [4.78, 5) is 25.3. The van der Waals surface area contributed by atoms with Crippen LogP contribution in [0.1, 0.15) is 5.56 Å². The third-order valence-corrected chi connectivity index (χ3v) is 4.01. The van der Waals surface area contributed by atoms with Gasteiger partial charge in [0.15, 0.2) is 11.5 Å². The zero-order valence-corrected chi connectivity index (χ0v) is 14.0. The molecule has 1 heterocycles. The Bertz CT molecular complexity index is 825. The van der Waals surface area contributed by atoms with Crippen LogP contribution < -0.4 is 20.9 Å². The van der Waals surface area contributed by atoms with Crippen LogP contribution in [0.5, 0.6) is 11.5 Å². The molecule has 8 nitrogen and oxygen atoms in total. The molecule has 0 spiro atoms. The molecular formula is C18H20N4O4. The Morgan fingerprint density at radius 1 is 1.15 bits per heavy atom. The summed E-state index contributed by atoms with van der Waals surface area (Å²) in [7, 11) is 0. The van der Waals surface area contributed by atoms with E-state index in [1.165, 1.54) is 12.1 Å². The number of aromatic hydroxyl groups is 2. The molecule has 0 unspecified atom stereocenters. The molecule has 4 amide bonds. The number of phenols is 2. The van der Waals surface area contributed by atoms with Gasteiger partial charge in [0.2, 0.25) is 0 Å². The standard InChI is InChI=1S/C18H20N4O4/c23-15-5-4-12(10-16(15)24)6-7-19-17(25)21-13-2-1-3-14(11-13)22-9-8-20-18(22)26/h1-5,10-11,23-24H,6-9H2,(H,20,26)(H2,19,21,25). The molecule has 0 radical (unpaired) electrons. The summed E-state index contributed by atoms with van der Waals surface area (Å²) < 4.78 is 0. The normalized spacial score (nSPS) is 13.4. The summed E-state index contributed by atoms with van der Waals surface area (Å²) in [5.41, 5.74) is 2.10. The number of amides is 4. The van der Waals surface area contributed by atoms with E-state index < -0.39 is 0 Å². The van der Waals surface area contributed by atoms with Gasteiger partial charge >= 0.3 is 12.1 Å². The van der Waals surface area contributed by atoms with Crippen molar-refractivity contribution >= 4 is 23.4 Å². The number of hydrogen-bond donors (Lipinski definition) is 5. The number of carbonyl (C=O) groups is 2. The second-order valence-electron chi connectivity index (χ2n) is 5.89. The van der Waals surface area contributed by atoms with Gasteiger partial charge in [-0.05, 0) is 42.3 Å². The SMILES string of the molecule is O=C(NCCc1ccc(O)c(O)c1)Nc1cccc(N2CCNC2=O)c1. The lowest BCUT2D eigenvalue weighted by Crippen LogP contribution is -2.31. The minimum Gasteiger partial charge on any atom is -0.504 e.